The van der Waals surface area contributed by atoms with Crippen LogP contribution in [0.4, 0.5) is 4.39 Å². The Bertz CT molecular complexity index is 543. The molecule has 0 saturated carbocycles. The van der Waals surface area contributed by atoms with Gasteiger partial charge in [0.25, 0.3) is 0 Å². The molecule has 4 nitrogen and oxygen atoms in total. The average molecular weight is 244 g/mol. The Morgan fingerprint density at radius 1 is 1.44 bits per heavy atom. The molecule has 0 saturated heterocycles. The minimum Gasteiger partial charge on any atom is -0.336 e. The highest BCUT2D eigenvalue weighted by Crippen LogP contribution is 2.09. The molecule has 1 aromatic heterocycles. The molecule has 2 aromatic rings. The van der Waals surface area contributed by atoms with Crippen LogP contribution in [0.15, 0.2) is 36.9 Å². The van der Waals surface area contributed by atoms with Gasteiger partial charge in [-0.05, 0) is 17.7 Å². The number of imidazole rings is 1. The SMILES string of the molecule is N#Cc1cc(CNCCn2ccnc2)ccc1F. The van der Waals surface area contributed by atoms with Crippen molar-refractivity contribution in [2.24, 2.45) is 0 Å². The number of aromatic nitrogens is 2. The van der Waals surface area contributed by atoms with Crippen LogP contribution in [0.2, 0.25) is 0 Å². The summed E-state index contributed by atoms with van der Waals surface area (Å²) in [5.41, 5.74) is 0.988. The molecule has 0 bridgehead atoms. The van der Waals surface area contributed by atoms with E-state index in [9.17, 15) is 4.39 Å². The highest BCUT2D eigenvalue weighted by atomic mass is 19.1. The van der Waals surface area contributed by atoms with Crippen LogP contribution in [0.5, 0.6) is 0 Å². The second kappa shape index (κ2) is 5.94. The highest BCUT2D eigenvalue weighted by molar-refractivity contribution is 5.34. The Labute approximate surface area is 105 Å². The molecule has 0 amide bonds. The van der Waals surface area contributed by atoms with E-state index >= 15 is 0 Å². The van der Waals surface area contributed by atoms with Crippen molar-refractivity contribution < 1.29 is 4.39 Å². The van der Waals surface area contributed by atoms with Gasteiger partial charge in [0, 0.05) is 32.0 Å². The van der Waals surface area contributed by atoms with Crippen LogP contribution in [0.3, 0.4) is 0 Å². The van der Waals surface area contributed by atoms with Crippen molar-refractivity contribution >= 4 is 0 Å². The number of nitrogens with zero attached hydrogens (tertiary/aromatic N) is 3. The van der Waals surface area contributed by atoms with Crippen LogP contribution in [-0.4, -0.2) is 16.1 Å². The van der Waals surface area contributed by atoms with Gasteiger partial charge in [0.05, 0.1) is 11.9 Å². The lowest BCUT2D eigenvalue weighted by atomic mass is 10.1. The Balaban J connectivity index is 1.82. The fourth-order valence-corrected chi connectivity index (χ4v) is 1.63. The first-order valence-electron chi connectivity index (χ1n) is 5.64. The van der Waals surface area contributed by atoms with Gasteiger partial charge in [0.1, 0.15) is 11.9 Å². The second-order valence-electron chi connectivity index (χ2n) is 3.90. The van der Waals surface area contributed by atoms with E-state index in [1.165, 1.54) is 6.07 Å². The maximum absolute atomic E-state index is 13.1. The Morgan fingerprint density at radius 3 is 3.06 bits per heavy atom. The lowest BCUT2D eigenvalue weighted by molar-refractivity contribution is 0.594. The molecule has 2 rings (SSSR count). The van der Waals surface area contributed by atoms with Crippen molar-refractivity contribution in [3.63, 3.8) is 0 Å². The topological polar surface area (TPSA) is 53.6 Å². The molecule has 92 valence electrons. The molecule has 0 aliphatic rings. The Kier molecular flexibility index (Phi) is 4.05. The van der Waals surface area contributed by atoms with E-state index in [0.29, 0.717) is 6.54 Å². The van der Waals surface area contributed by atoms with Gasteiger partial charge in [-0.2, -0.15) is 5.26 Å². The summed E-state index contributed by atoms with van der Waals surface area (Å²) < 4.78 is 15.1. The lowest BCUT2D eigenvalue weighted by Gasteiger charge is -2.06. The molecule has 0 aliphatic carbocycles. The predicted octanol–water partition coefficient (Wildman–Crippen LogP) is 1.68. The van der Waals surface area contributed by atoms with Gasteiger partial charge in [-0.1, -0.05) is 6.07 Å². The minimum absolute atomic E-state index is 0.0870. The largest absolute Gasteiger partial charge is 0.336 e. The number of nitrogens with one attached hydrogen (secondary N) is 1. The summed E-state index contributed by atoms with van der Waals surface area (Å²) in [7, 11) is 0. The zero-order valence-corrected chi connectivity index (χ0v) is 9.81. The number of benzene rings is 1. The normalized spacial score (nSPS) is 10.2. The summed E-state index contributed by atoms with van der Waals surface area (Å²) in [4.78, 5) is 3.95. The van der Waals surface area contributed by atoms with Gasteiger partial charge >= 0.3 is 0 Å². The molecule has 0 unspecified atom stereocenters. The maximum atomic E-state index is 13.1. The van der Waals surface area contributed by atoms with Gasteiger partial charge in [0.2, 0.25) is 0 Å². The zero-order valence-electron chi connectivity index (χ0n) is 9.81. The predicted molar refractivity (Wildman–Crippen MR) is 65.0 cm³/mol. The van der Waals surface area contributed by atoms with Gasteiger partial charge < -0.3 is 9.88 Å². The van der Waals surface area contributed by atoms with Crippen LogP contribution in [0, 0.1) is 17.1 Å². The molecule has 1 heterocycles. The third kappa shape index (κ3) is 3.15. The summed E-state index contributed by atoms with van der Waals surface area (Å²) in [6.07, 6.45) is 5.39. The summed E-state index contributed by atoms with van der Waals surface area (Å²) >= 11 is 0. The molecule has 0 spiro atoms. The third-order valence-electron chi connectivity index (χ3n) is 2.59. The Hall–Kier alpha value is -2.19. The van der Waals surface area contributed by atoms with E-state index < -0.39 is 5.82 Å². The average Bonchev–Trinajstić information content (AvgIpc) is 2.89. The van der Waals surface area contributed by atoms with E-state index in [1.54, 1.807) is 24.7 Å². The van der Waals surface area contributed by atoms with Crippen LogP contribution in [0.1, 0.15) is 11.1 Å². The summed E-state index contributed by atoms with van der Waals surface area (Å²) in [5, 5.41) is 11.9. The number of rotatable bonds is 5. The first kappa shape index (κ1) is 12.3. The smallest absolute Gasteiger partial charge is 0.140 e. The molecule has 0 atom stereocenters. The summed E-state index contributed by atoms with van der Waals surface area (Å²) in [6, 6.07) is 6.41. The van der Waals surface area contributed by atoms with Gasteiger partial charge in [-0.3, -0.25) is 0 Å². The lowest BCUT2D eigenvalue weighted by Crippen LogP contribution is -2.19. The molecule has 5 heteroatoms. The van der Waals surface area contributed by atoms with Crippen molar-refractivity contribution in [2.45, 2.75) is 13.1 Å². The van der Waals surface area contributed by atoms with E-state index in [-0.39, 0.29) is 5.56 Å². The van der Waals surface area contributed by atoms with Crippen molar-refractivity contribution in [3.05, 3.63) is 53.9 Å². The monoisotopic (exact) mass is 244 g/mol. The zero-order chi connectivity index (χ0) is 12.8. The summed E-state index contributed by atoms with van der Waals surface area (Å²) in [5.74, 6) is -0.473. The quantitative estimate of drug-likeness (QED) is 0.814. The van der Waals surface area contributed by atoms with E-state index in [0.717, 1.165) is 18.7 Å². The maximum Gasteiger partial charge on any atom is 0.140 e. The van der Waals surface area contributed by atoms with Crippen LogP contribution in [-0.2, 0) is 13.1 Å². The first-order chi connectivity index (χ1) is 8.79. The molecule has 0 fully saturated rings. The van der Waals surface area contributed by atoms with Crippen molar-refractivity contribution in [3.8, 4) is 6.07 Å². The van der Waals surface area contributed by atoms with E-state index in [2.05, 4.69) is 10.3 Å². The van der Waals surface area contributed by atoms with Crippen molar-refractivity contribution in [2.75, 3.05) is 6.54 Å². The van der Waals surface area contributed by atoms with Crippen LogP contribution >= 0.6 is 0 Å². The fourth-order valence-electron chi connectivity index (χ4n) is 1.63. The van der Waals surface area contributed by atoms with Crippen molar-refractivity contribution in [1.29, 1.82) is 5.26 Å². The van der Waals surface area contributed by atoms with E-state index in [4.69, 9.17) is 5.26 Å². The number of hydrogen-bond donors (Lipinski definition) is 1. The molecule has 1 N–H and O–H groups in total. The fraction of sp³-hybridized carbons (Fsp3) is 0.231. The molecule has 0 aliphatic heterocycles. The van der Waals surface area contributed by atoms with Crippen LogP contribution < -0.4 is 5.32 Å². The minimum atomic E-state index is -0.473. The highest BCUT2D eigenvalue weighted by Gasteiger charge is 2.02. The van der Waals surface area contributed by atoms with Crippen molar-refractivity contribution in [1.82, 2.24) is 14.9 Å². The number of hydrogen-bond acceptors (Lipinski definition) is 3. The molecular weight excluding hydrogens is 231 g/mol. The third-order valence-corrected chi connectivity index (χ3v) is 2.59. The van der Waals surface area contributed by atoms with Gasteiger partial charge in [-0.15, -0.1) is 0 Å². The molecular formula is C13H13FN4. The van der Waals surface area contributed by atoms with Crippen LogP contribution in [0.25, 0.3) is 0 Å². The van der Waals surface area contributed by atoms with E-state index in [1.807, 2.05) is 16.8 Å². The number of nitriles is 1. The number of halogens is 1. The summed E-state index contributed by atoms with van der Waals surface area (Å²) in [6.45, 7) is 2.23. The molecule has 1 aromatic carbocycles. The standard InChI is InChI=1S/C13H13FN4/c14-13-2-1-11(7-12(13)8-15)9-16-3-5-18-6-4-17-10-18/h1-2,4,6-7,10,16H,3,5,9H2. The Morgan fingerprint density at radius 2 is 2.33 bits per heavy atom. The second-order valence-corrected chi connectivity index (χ2v) is 3.90. The van der Waals surface area contributed by atoms with Gasteiger partial charge in [0.15, 0.2) is 0 Å². The van der Waals surface area contributed by atoms with Gasteiger partial charge in [-0.25, -0.2) is 9.37 Å². The molecule has 18 heavy (non-hydrogen) atoms. The molecule has 0 radical (unpaired) electrons. The first-order valence-corrected chi connectivity index (χ1v) is 5.64.